The van der Waals surface area contributed by atoms with Gasteiger partial charge in [0.05, 0.1) is 17.3 Å². The van der Waals surface area contributed by atoms with Crippen LogP contribution in [0.2, 0.25) is 0 Å². The lowest BCUT2D eigenvalue weighted by Gasteiger charge is -2.32. The summed E-state index contributed by atoms with van der Waals surface area (Å²) in [6.45, 7) is 3.74. The van der Waals surface area contributed by atoms with Crippen molar-refractivity contribution in [1.82, 2.24) is 20.3 Å². The molecule has 0 aromatic carbocycles. The van der Waals surface area contributed by atoms with Crippen LogP contribution in [0.25, 0.3) is 11.2 Å². The van der Waals surface area contributed by atoms with Crippen molar-refractivity contribution in [2.24, 2.45) is 0 Å². The van der Waals surface area contributed by atoms with E-state index in [0.29, 0.717) is 11.6 Å². The summed E-state index contributed by atoms with van der Waals surface area (Å²) in [5.41, 5.74) is 1.59. The molecule has 130 valence electrons. The number of aromatic amines is 1. The van der Waals surface area contributed by atoms with Gasteiger partial charge in [-0.15, -0.1) is 0 Å². The Hall–Kier alpha value is -1.53. The fraction of sp³-hybridized carbons (Fsp3) is 0.667. The van der Waals surface area contributed by atoms with Crippen molar-refractivity contribution in [3.05, 3.63) is 23.4 Å². The number of halogens is 1. The number of aromatic nitrogens is 3. The van der Waals surface area contributed by atoms with Gasteiger partial charge in [0.25, 0.3) is 0 Å². The molecule has 3 N–H and O–H groups in total. The number of rotatable bonds is 2. The first-order chi connectivity index (χ1) is 11.5. The number of hydrogen-bond acceptors (Lipinski definition) is 4. The summed E-state index contributed by atoms with van der Waals surface area (Å²) in [7, 11) is 0. The summed E-state index contributed by atoms with van der Waals surface area (Å²) in [5.74, 6) is 1.19. The van der Waals surface area contributed by atoms with Gasteiger partial charge in [-0.3, -0.25) is 0 Å². The largest absolute Gasteiger partial charge is 0.390 e. The molecule has 4 rings (SSSR count). The first-order valence-electron chi connectivity index (χ1n) is 9.00. The number of pyridine rings is 1. The van der Waals surface area contributed by atoms with Gasteiger partial charge in [-0.25, -0.2) is 14.4 Å². The molecule has 1 saturated heterocycles. The van der Waals surface area contributed by atoms with E-state index in [1.165, 1.54) is 6.20 Å². The average molecular weight is 332 g/mol. The van der Waals surface area contributed by atoms with E-state index in [-0.39, 0.29) is 11.7 Å². The molecule has 2 aromatic heterocycles. The molecule has 0 atom stereocenters. The lowest BCUT2D eigenvalue weighted by molar-refractivity contribution is 0.0165. The summed E-state index contributed by atoms with van der Waals surface area (Å²) in [6, 6.07) is 0. The van der Waals surface area contributed by atoms with Crippen molar-refractivity contribution in [3.63, 3.8) is 0 Å². The van der Waals surface area contributed by atoms with Crippen molar-refractivity contribution < 1.29 is 9.50 Å². The molecule has 1 aliphatic carbocycles. The third kappa shape index (κ3) is 2.93. The minimum Gasteiger partial charge on any atom is -0.390 e. The second-order valence-corrected chi connectivity index (χ2v) is 7.64. The van der Waals surface area contributed by atoms with Crippen molar-refractivity contribution in [1.29, 1.82) is 0 Å². The van der Waals surface area contributed by atoms with Crippen LogP contribution in [-0.4, -0.2) is 38.7 Å². The zero-order valence-electron chi connectivity index (χ0n) is 14.1. The molecule has 0 bridgehead atoms. The van der Waals surface area contributed by atoms with Crippen molar-refractivity contribution in [2.45, 2.75) is 62.9 Å². The average Bonchev–Trinajstić information content (AvgIpc) is 2.99. The molecule has 2 aromatic rings. The molecule has 2 aliphatic rings. The van der Waals surface area contributed by atoms with Crippen LogP contribution in [0.15, 0.2) is 6.20 Å². The van der Waals surface area contributed by atoms with E-state index >= 15 is 0 Å². The number of aliphatic hydroxyl groups is 1. The molecule has 1 saturated carbocycles. The molecular weight excluding hydrogens is 307 g/mol. The molecule has 5 nitrogen and oxygen atoms in total. The van der Waals surface area contributed by atoms with Crippen LogP contribution in [0, 0.1) is 5.82 Å². The highest BCUT2D eigenvalue weighted by atomic mass is 19.1. The van der Waals surface area contributed by atoms with Gasteiger partial charge in [-0.05, 0) is 64.5 Å². The molecule has 0 unspecified atom stereocenters. The Balaban J connectivity index is 1.68. The summed E-state index contributed by atoms with van der Waals surface area (Å²) in [6.07, 6.45) is 6.55. The molecule has 24 heavy (non-hydrogen) atoms. The lowest BCUT2D eigenvalue weighted by Crippen LogP contribution is -2.29. The van der Waals surface area contributed by atoms with Crippen LogP contribution < -0.4 is 5.32 Å². The van der Waals surface area contributed by atoms with Gasteiger partial charge in [0.2, 0.25) is 0 Å². The highest BCUT2D eigenvalue weighted by Crippen LogP contribution is 2.38. The van der Waals surface area contributed by atoms with Gasteiger partial charge < -0.3 is 15.4 Å². The highest BCUT2D eigenvalue weighted by molar-refractivity contribution is 5.75. The van der Waals surface area contributed by atoms with Gasteiger partial charge in [0, 0.05) is 11.5 Å². The number of fused-ring (bicyclic) bond motifs is 1. The molecule has 0 amide bonds. The first-order valence-corrected chi connectivity index (χ1v) is 9.00. The number of imidazole rings is 1. The van der Waals surface area contributed by atoms with Gasteiger partial charge in [-0.2, -0.15) is 0 Å². The first kappa shape index (κ1) is 16.0. The fourth-order valence-electron chi connectivity index (χ4n) is 4.19. The van der Waals surface area contributed by atoms with Crippen molar-refractivity contribution in [3.8, 4) is 0 Å². The second-order valence-electron chi connectivity index (χ2n) is 7.64. The Kier molecular flexibility index (Phi) is 4.04. The maximum Gasteiger partial charge on any atom is 0.178 e. The van der Waals surface area contributed by atoms with Crippen LogP contribution in [-0.2, 0) is 0 Å². The summed E-state index contributed by atoms with van der Waals surface area (Å²) < 4.78 is 14.5. The molecule has 3 heterocycles. The topological polar surface area (TPSA) is 73.8 Å². The van der Waals surface area contributed by atoms with Gasteiger partial charge in [0.15, 0.2) is 5.65 Å². The normalized spacial score (nSPS) is 29.2. The quantitative estimate of drug-likeness (QED) is 0.790. The van der Waals surface area contributed by atoms with Gasteiger partial charge in [-0.1, -0.05) is 0 Å². The van der Waals surface area contributed by atoms with E-state index in [1.54, 1.807) is 0 Å². The smallest absolute Gasteiger partial charge is 0.178 e. The Morgan fingerprint density at radius 1 is 1.17 bits per heavy atom. The van der Waals surface area contributed by atoms with E-state index in [1.807, 2.05) is 6.92 Å². The Morgan fingerprint density at radius 2 is 1.88 bits per heavy atom. The maximum atomic E-state index is 14.5. The predicted molar refractivity (Wildman–Crippen MR) is 90.5 cm³/mol. The monoisotopic (exact) mass is 332 g/mol. The van der Waals surface area contributed by atoms with E-state index in [4.69, 9.17) is 0 Å². The zero-order chi connectivity index (χ0) is 16.7. The molecule has 0 radical (unpaired) electrons. The fourth-order valence-corrected chi connectivity index (χ4v) is 4.19. The third-order valence-corrected chi connectivity index (χ3v) is 5.73. The third-order valence-electron chi connectivity index (χ3n) is 5.73. The minimum atomic E-state index is -0.562. The van der Waals surface area contributed by atoms with Crippen LogP contribution in [0.4, 0.5) is 4.39 Å². The number of hydrogen-bond donors (Lipinski definition) is 3. The van der Waals surface area contributed by atoms with Gasteiger partial charge in [0.1, 0.15) is 11.6 Å². The SMILES string of the molecule is CC1(O)CCC(c2nc3ncc(F)c(C4CCNCC4)c3[nH]2)CC1. The second kappa shape index (κ2) is 6.08. The van der Waals surface area contributed by atoms with Crippen LogP contribution >= 0.6 is 0 Å². The van der Waals surface area contributed by atoms with Crippen molar-refractivity contribution >= 4 is 11.2 Å². The minimum absolute atomic E-state index is 0.220. The van der Waals surface area contributed by atoms with Crippen molar-refractivity contribution in [2.75, 3.05) is 13.1 Å². The Labute approximate surface area is 141 Å². The molecular formula is C18H25FN4O. The summed E-state index contributed by atoms with van der Waals surface area (Å²) >= 11 is 0. The van der Waals surface area contributed by atoms with Gasteiger partial charge >= 0.3 is 0 Å². The number of H-pyrrole nitrogens is 1. The van der Waals surface area contributed by atoms with E-state index in [9.17, 15) is 9.50 Å². The number of piperidine rings is 1. The lowest BCUT2D eigenvalue weighted by atomic mass is 9.80. The highest BCUT2D eigenvalue weighted by Gasteiger charge is 2.31. The van der Waals surface area contributed by atoms with E-state index in [2.05, 4.69) is 20.3 Å². The maximum absolute atomic E-state index is 14.5. The summed E-state index contributed by atoms with van der Waals surface area (Å²) in [5, 5.41) is 13.5. The van der Waals surface area contributed by atoms with Crippen LogP contribution in [0.1, 0.15) is 68.7 Å². The molecule has 6 heteroatoms. The number of nitrogens with one attached hydrogen (secondary N) is 2. The van der Waals surface area contributed by atoms with E-state index < -0.39 is 5.60 Å². The number of nitrogens with zero attached hydrogens (tertiary/aromatic N) is 2. The Morgan fingerprint density at radius 3 is 2.58 bits per heavy atom. The Bertz CT molecular complexity index is 726. The predicted octanol–water partition coefficient (Wildman–Crippen LogP) is 2.97. The molecule has 0 spiro atoms. The zero-order valence-corrected chi connectivity index (χ0v) is 14.1. The van der Waals surface area contributed by atoms with Crippen LogP contribution in [0.3, 0.4) is 0 Å². The van der Waals surface area contributed by atoms with E-state index in [0.717, 1.165) is 68.5 Å². The standard InChI is InChI=1S/C18H25FN4O/c1-18(24)6-2-12(3-7-18)16-22-15-14(11-4-8-20-9-5-11)13(19)10-21-17(15)23-16/h10-12,20,24H,2-9H2,1H3,(H,21,22,23). The molecule has 2 fully saturated rings. The van der Waals surface area contributed by atoms with Crippen LogP contribution in [0.5, 0.6) is 0 Å². The summed E-state index contributed by atoms with van der Waals surface area (Å²) in [4.78, 5) is 12.2. The molecule has 1 aliphatic heterocycles.